The van der Waals surface area contributed by atoms with Gasteiger partial charge in [-0.1, -0.05) is 0 Å². The second-order valence-corrected chi connectivity index (χ2v) is 4.58. The summed E-state index contributed by atoms with van der Waals surface area (Å²) >= 11 is 0. The van der Waals surface area contributed by atoms with E-state index in [1.54, 1.807) is 7.11 Å². The number of fused-ring (bicyclic) bond motifs is 1. The predicted molar refractivity (Wildman–Crippen MR) is 73.2 cm³/mol. The molecule has 94 valence electrons. The van der Waals surface area contributed by atoms with Crippen LogP contribution in [0.1, 0.15) is 6.42 Å². The molecule has 1 aliphatic heterocycles. The van der Waals surface area contributed by atoms with Crippen LogP contribution in [-0.2, 0) is 0 Å². The number of nitrogens with one attached hydrogen (secondary N) is 2. The zero-order chi connectivity index (χ0) is 12.4. The van der Waals surface area contributed by atoms with Gasteiger partial charge in [-0.3, -0.25) is 4.98 Å². The maximum Gasteiger partial charge on any atom is 0.121 e. The molecule has 0 radical (unpaired) electrons. The molecule has 1 aliphatic rings. The summed E-state index contributed by atoms with van der Waals surface area (Å²) in [7, 11) is 1.67. The van der Waals surface area contributed by atoms with Crippen molar-refractivity contribution < 1.29 is 4.74 Å². The topological polar surface area (TPSA) is 46.2 Å². The molecule has 1 fully saturated rings. The van der Waals surface area contributed by atoms with E-state index in [9.17, 15) is 0 Å². The number of aromatic nitrogens is 1. The Labute approximate surface area is 106 Å². The van der Waals surface area contributed by atoms with E-state index in [-0.39, 0.29) is 0 Å². The molecule has 1 unspecified atom stereocenters. The molecule has 1 saturated heterocycles. The molecule has 1 atom stereocenters. The first-order valence-corrected chi connectivity index (χ1v) is 6.27. The average Bonchev–Trinajstić information content (AvgIpc) is 2.91. The quantitative estimate of drug-likeness (QED) is 0.865. The standard InChI is InChI=1S/C14H17N3O/c1-18-11-2-3-12-13(5-7-16-14(12)8-11)17-10-4-6-15-9-10/h2-3,5,7-8,10,15H,4,6,9H2,1H3,(H,16,17). The molecule has 0 bridgehead atoms. The summed E-state index contributed by atoms with van der Waals surface area (Å²) in [6.07, 6.45) is 3.01. The third-order valence-corrected chi connectivity index (χ3v) is 3.37. The average molecular weight is 243 g/mol. The van der Waals surface area contributed by atoms with Crippen molar-refractivity contribution in [2.75, 3.05) is 25.5 Å². The van der Waals surface area contributed by atoms with E-state index in [2.05, 4.69) is 21.7 Å². The molecule has 0 spiro atoms. The van der Waals surface area contributed by atoms with Crippen molar-refractivity contribution in [3.63, 3.8) is 0 Å². The maximum absolute atomic E-state index is 5.23. The number of anilines is 1. The normalized spacial score (nSPS) is 19.1. The largest absolute Gasteiger partial charge is 0.497 e. The molecule has 18 heavy (non-hydrogen) atoms. The number of benzene rings is 1. The fraction of sp³-hybridized carbons (Fsp3) is 0.357. The lowest BCUT2D eigenvalue weighted by Crippen LogP contribution is -2.22. The van der Waals surface area contributed by atoms with Gasteiger partial charge in [-0.15, -0.1) is 0 Å². The Kier molecular flexibility index (Phi) is 3.02. The Morgan fingerprint density at radius 3 is 3.11 bits per heavy atom. The minimum atomic E-state index is 0.512. The van der Waals surface area contributed by atoms with E-state index in [1.807, 2.05) is 24.4 Å². The Bertz CT molecular complexity index is 550. The van der Waals surface area contributed by atoms with Crippen LogP contribution in [0.15, 0.2) is 30.5 Å². The SMILES string of the molecule is COc1ccc2c(NC3CCNC3)ccnc2c1. The van der Waals surface area contributed by atoms with E-state index in [4.69, 9.17) is 4.74 Å². The van der Waals surface area contributed by atoms with Gasteiger partial charge >= 0.3 is 0 Å². The molecule has 2 heterocycles. The lowest BCUT2D eigenvalue weighted by Gasteiger charge is -2.15. The van der Waals surface area contributed by atoms with Crippen molar-refractivity contribution in [2.24, 2.45) is 0 Å². The Morgan fingerprint density at radius 2 is 2.33 bits per heavy atom. The van der Waals surface area contributed by atoms with Gasteiger partial charge in [0.2, 0.25) is 0 Å². The van der Waals surface area contributed by atoms with Crippen molar-refractivity contribution >= 4 is 16.6 Å². The molecule has 2 aromatic rings. The van der Waals surface area contributed by atoms with E-state index < -0.39 is 0 Å². The van der Waals surface area contributed by atoms with Gasteiger partial charge in [0.1, 0.15) is 5.75 Å². The highest BCUT2D eigenvalue weighted by Gasteiger charge is 2.15. The van der Waals surface area contributed by atoms with Crippen LogP contribution in [0.3, 0.4) is 0 Å². The van der Waals surface area contributed by atoms with Gasteiger partial charge in [0.25, 0.3) is 0 Å². The van der Waals surface area contributed by atoms with E-state index in [0.717, 1.165) is 35.4 Å². The van der Waals surface area contributed by atoms with Gasteiger partial charge in [-0.2, -0.15) is 0 Å². The number of hydrogen-bond donors (Lipinski definition) is 2. The van der Waals surface area contributed by atoms with Gasteiger partial charge in [0.15, 0.2) is 0 Å². The van der Waals surface area contributed by atoms with Crippen molar-refractivity contribution in [3.05, 3.63) is 30.5 Å². The Balaban J connectivity index is 1.95. The lowest BCUT2D eigenvalue weighted by molar-refractivity contribution is 0.415. The molecule has 2 N–H and O–H groups in total. The number of nitrogens with zero attached hydrogens (tertiary/aromatic N) is 1. The van der Waals surface area contributed by atoms with Crippen LogP contribution in [0, 0.1) is 0 Å². The number of ether oxygens (including phenoxy) is 1. The molecular formula is C14H17N3O. The highest BCUT2D eigenvalue weighted by Crippen LogP contribution is 2.26. The minimum Gasteiger partial charge on any atom is -0.497 e. The zero-order valence-corrected chi connectivity index (χ0v) is 10.4. The van der Waals surface area contributed by atoms with Crippen LogP contribution in [0.25, 0.3) is 10.9 Å². The fourth-order valence-electron chi connectivity index (χ4n) is 2.38. The number of pyridine rings is 1. The zero-order valence-electron chi connectivity index (χ0n) is 10.4. The van der Waals surface area contributed by atoms with Crippen molar-refractivity contribution in [1.82, 2.24) is 10.3 Å². The third-order valence-electron chi connectivity index (χ3n) is 3.37. The molecule has 0 saturated carbocycles. The van der Waals surface area contributed by atoms with Crippen LogP contribution in [0.2, 0.25) is 0 Å². The molecule has 1 aromatic heterocycles. The smallest absolute Gasteiger partial charge is 0.121 e. The fourth-order valence-corrected chi connectivity index (χ4v) is 2.38. The first-order chi connectivity index (χ1) is 8.86. The first-order valence-electron chi connectivity index (χ1n) is 6.27. The molecule has 1 aromatic carbocycles. The van der Waals surface area contributed by atoms with Crippen LogP contribution in [0.5, 0.6) is 5.75 Å². The number of rotatable bonds is 3. The summed E-state index contributed by atoms with van der Waals surface area (Å²) in [5.41, 5.74) is 2.11. The lowest BCUT2D eigenvalue weighted by atomic mass is 10.1. The van der Waals surface area contributed by atoms with Gasteiger partial charge in [-0.25, -0.2) is 0 Å². The second-order valence-electron chi connectivity index (χ2n) is 4.58. The Hall–Kier alpha value is -1.81. The van der Waals surface area contributed by atoms with E-state index >= 15 is 0 Å². The highest BCUT2D eigenvalue weighted by molar-refractivity contribution is 5.91. The Morgan fingerprint density at radius 1 is 1.39 bits per heavy atom. The molecule has 4 heteroatoms. The maximum atomic E-state index is 5.23. The summed E-state index contributed by atoms with van der Waals surface area (Å²) in [5, 5.41) is 8.08. The molecular weight excluding hydrogens is 226 g/mol. The van der Waals surface area contributed by atoms with Crippen LogP contribution in [0.4, 0.5) is 5.69 Å². The second kappa shape index (κ2) is 4.82. The van der Waals surface area contributed by atoms with Gasteiger partial charge in [0, 0.05) is 35.9 Å². The summed E-state index contributed by atoms with van der Waals surface area (Å²) < 4.78 is 5.23. The monoisotopic (exact) mass is 243 g/mol. The predicted octanol–water partition coefficient (Wildman–Crippen LogP) is 2.02. The third kappa shape index (κ3) is 2.11. The van der Waals surface area contributed by atoms with Crippen molar-refractivity contribution in [1.29, 1.82) is 0 Å². The van der Waals surface area contributed by atoms with Crippen LogP contribution < -0.4 is 15.4 Å². The molecule has 4 nitrogen and oxygen atoms in total. The summed E-state index contributed by atoms with van der Waals surface area (Å²) in [4.78, 5) is 4.39. The van der Waals surface area contributed by atoms with Crippen LogP contribution in [-0.4, -0.2) is 31.2 Å². The number of hydrogen-bond acceptors (Lipinski definition) is 4. The van der Waals surface area contributed by atoms with Crippen molar-refractivity contribution in [3.8, 4) is 5.75 Å². The summed E-state index contributed by atoms with van der Waals surface area (Å²) in [6.45, 7) is 2.12. The molecule has 0 amide bonds. The summed E-state index contributed by atoms with van der Waals surface area (Å²) in [5.74, 6) is 0.842. The molecule has 0 aliphatic carbocycles. The highest BCUT2D eigenvalue weighted by atomic mass is 16.5. The van der Waals surface area contributed by atoms with Gasteiger partial charge in [-0.05, 0) is 31.2 Å². The summed E-state index contributed by atoms with van der Waals surface area (Å²) in [6, 6.07) is 8.55. The minimum absolute atomic E-state index is 0.512. The molecule has 3 rings (SSSR count). The van der Waals surface area contributed by atoms with E-state index in [1.165, 1.54) is 6.42 Å². The van der Waals surface area contributed by atoms with Crippen molar-refractivity contribution in [2.45, 2.75) is 12.5 Å². The van der Waals surface area contributed by atoms with Gasteiger partial charge < -0.3 is 15.4 Å². The van der Waals surface area contributed by atoms with Gasteiger partial charge in [0.05, 0.1) is 12.6 Å². The van der Waals surface area contributed by atoms with E-state index in [0.29, 0.717) is 6.04 Å². The van der Waals surface area contributed by atoms with Crippen LogP contribution >= 0.6 is 0 Å². The first kappa shape index (κ1) is 11.3. The number of methoxy groups -OCH3 is 1.